The fourth-order valence-corrected chi connectivity index (χ4v) is 4.41. The van der Waals surface area contributed by atoms with E-state index in [9.17, 15) is 4.79 Å². The molecule has 0 bridgehead atoms. The Labute approximate surface area is 207 Å². The van der Waals surface area contributed by atoms with Crippen LogP contribution in [0.15, 0.2) is 77.6 Å². The Kier molecular flexibility index (Phi) is 7.59. The highest BCUT2D eigenvalue weighted by Crippen LogP contribution is 2.37. The van der Waals surface area contributed by atoms with E-state index in [4.69, 9.17) is 21.1 Å². The van der Waals surface area contributed by atoms with Crippen molar-refractivity contribution in [1.82, 2.24) is 14.8 Å². The number of allylic oxidation sites excluding steroid dienone is 1. The smallest absolute Gasteiger partial charge is 0.338 e. The normalized spacial score (nSPS) is 14.9. The third-order valence-corrected chi connectivity index (χ3v) is 6.10. The number of rotatable bonds is 9. The Morgan fingerprint density at radius 2 is 2.09 bits per heavy atom. The molecule has 1 unspecified atom stereocenters. The van der Waals surface area contributed by atoms with Gasteiger partial charge in [-0.05, 0) is 48.1 Å². The van der Waals surface area contributed by atoms with Crippen molar-refractivity contribution in [3.63, 3.8) is 0 Å². The molecular weight excluding hydrogens is 472 g/mol. The lowest BCUT2D eigenvalue weighted by Crippen LogP contribution is -2.29. The van der Waals surface area contributed by atoms with Crippen molar-refractivity contribution in [3.05, 3.63) is 88.6 Å². The summed E-state index contributed by atoms with van der Waals surface area (Å²) in [4.78, 5) is 17.6. The lowest BCUT2D eigenvalue weighted by Gasteiger charge is -2.28. The zero-order valence-corrected chi connectivity index (χ0v) is 20.5. The number of carbonyl (C=O) groups is 1. The van der Waals surface area contributed by atoms with E-state index in [-0.39, 0.29) is 6.61 Å². The van der Waals surface area contributed by atoms with E-state index < -0.39 is 12.0 Å². The van der Waals surface area contributed by atoms with Crippen LogP contribution in [0.1, 0.15) is 31.0 Å². The third kappa shape index (κ3) is 5.29. The molecule has 176 valence electrons. The van der Waals surface area contributed by atoms with Gasteiger partial charge in [0, 0.05) is 10.7 Å². The van der Waals surface area contributed by atoms with Gasteiger partial charge in [-0.15, -0.1) is 5.10 Å². The summed E-state index contributed by atoms with van der Waals surface area (Å²) in [5.41, 5.74) is 2.99. The van der Waals surface area contributed by atoms with Crippen LogP contribution in [0.3, 0.4) is 0 Å². The number of halogens is 1. The number of benzene rings is 2. The van der Waals surface area contributed by atoms with Gasteiger partial charge in [0.15, 0.2) is 0 Å². The number of carbonyl (C=O) groups excluding carboxylic acids is 1. The molecule has 3 aromatic rings. The lowest BCUT2D eigenvalue weighted by atomic mass is 9.96. The average molecular weight is 497 g/mol. The van der Waals surface area contributed by atoms with Crippen LogP contribution >= 0.6 is 23.4 Å². The van der Waals surface area contributed by atoms with Crippen LogP contribution in [-0.2, 0) is 16.1 Å². The molecule has 9 heteroatoms. The van der Waals surface area contributed by atoms with E-state index in [1.165, 1.54) is 11.8 Å². The van der Waals surface area contributed by atoms with Gasteiger partial charge >= 0.3 is 5.97 Å². The van der Waals surface area contributed by atoms with Gasteiger partial charge in [-0.25, -0.2) is 9.48 Å². The molecule has 1 atom stereocenters. The molecule has 2 heterocycles. The molecule has 0 saturated heterocycles. The van der Waals surface area contributed by atoms with E-state index in [0.717, 1.165) is 16.9 Å². The van der Waals surface area contributed by atoms with Crippen LogP contribution in [0.2, 0.25) is 5.02 Å². The van der Waals surface area contributed by atoms with Gasteiger partial charge in [0.25, 0.3) is 0 Å². The molecule has 7 nitrogen and oxygen atoms in total. The van der Waals surface area contributed by atoms with Crippen molar-refractivity contribution < 1.29 is 14.3 Å². The van der Waals surface area contributed by atoms with Crippen LogP contribution in [0.4, 0.5) is 5.95 Å². The molecule has 34 heavy (non-hydrogen) atoms. The first-order valence-electron chi connectivity index (χ1n) is 10.8. The molecular formula is C25H25ClN4O3S. The molecule has 0 spiro atoms. The average Bonchev–Trinajstić information content (AvgIpc) is 3.23. The van der Waals surface area contributed by atoms with Gasteiger partial charge < -0.3 is 14.8 Å². The minimum atomic E-state index is -0.491. The van der Waals surface area contributed by atoms with Crippen molar-refractivity contribution >= 4 is 35.3 Å². The third-order valence-electron chi connectivity index (χ3n) is 5.15. The highest BCUT2D eigenvalue weighted by Gasteiger charge is 2.35. The number of fused-ring (bicyclic) bond motifs is 1. The number of hydrogen-bond acceptors (Lipinski definition) is 7. The predicted octanol–water partition coefficient (Wildman–Crippen LogP) is 5.64. The Morgan fingerprint density at radius 3 is 2.79 bits per heavy atom. The topological polar surface area (TPSA) is 78.3 Å². The first-order valence-corrected chi connectivity index (χ1v) is 12.2. The van der Waals surface area contributed by atoms with Crippen LogP contribution < -0.4 is 10.1 Å². The summed E-state index contributed by atoms with van der Waals surface area (Å²) in [5.74, 6) is 1.70. The number of esters is 1. The molecule has 0 saturated carbocycles. The van der Waals surface area contributed by atoms with E-state index in [1.54, 1.807) is 10.8 Å². The molecule has 1 aliphatic rings. The molecule has 2 aromatic carbocycles. The van der Waals surface area contributed by atoms with Gasteiger partial charge in [-0.3, -0.25) is 0 Å². The van der Waals surface area contributed by atoms with Crippen LogP contribution in [0.25, 0.3) is 0 Å². The van der Waals surface area contributed by atoms with Gasteiger partial charge in [0.1, 0.15) is 25.0 Å². The number of ether oxygens (including phenoxy) is 2. The van der Waals surface area contributed by atoms with Crippen molar-refractivity contribution in [3.8, 4) is 5.75 Å². The fourth-order valence-electron chi connectivity index (χ4n) is 3.65. The van der Waals surface area contributed by atoms with Crippen molar-refractivity contribution in [1.29, 1.82) is 0 Å². The molecule has 4 rings (SSSR count). The zero-order valence-electron chi connectivity index (χ0n) is 19.0. The molecule has 1 N–H and O–H groups in total. The summed E-state index contributed by atoms with van der Waals surface area (Å²) in [7, 11) is 0. The maximum atomic E-state index is 13.0. The molecule has 0 fully saturated rings. The van der Waals surface area contributed by atoms with E-state index in [0.29, 0.717) is 39.8 Å². The van der Waals surface area contributed by atoms with Crippen molar-refractivity contribution in [2.24, 2.45) is 0 Å². The first kappa shape index (κ1) is 23.9. The Morgan fingerprint density at radius 1 is 1.29 bits per heavy atom. The Balaban J connectivity index is 1.63. The zero-order chi connectivity index (χ0) is 24.1. The lowest BCUT2D eigenvalue weighted by molar-refractivity contribution is -0.138. The molecule has 0 amide bonds. The highest BCUT2D eigenvalue weighted by molar-refractivity contribution is 7.99. The van der Waals surface area contributed by atoms with Gasteiger partial charge in [0.2, 0.25) is 11.1 Å². The van der Waals surface area contributed by atoms with E-state index in [2.05, 4.69) is 22.0 Å². The van der Waals surface area contributed by atoms with Crippen molar-refractivity contribution in [2.75, 3.05) is 17.7 Å². The Hall–Kier alpha value is -3.23. The summed E-state index contributed by atoms with van der Waals surface area (Å²) in [6.07, 6.45) is 1.54. The summed E-state index contributed by atoms with van der Waals surface area (Å²) < 4.78 is 13.0. The fraction of sp³-hybridized carbons (Fsp3) is 0.240. The van der Waals surface area contributed by atoms with Crippen LogP contribution in [-0.4, -0.2) is 33.1 Å². The highest BCUT2D eigenvalue weighted by atomic mass is 35.5. The van der Waals surface area contributed by atoms with Gasteiger partial charge in [-0.2, -0.15) is 4.98 Å². The Bertz CT molecular complexity index is 1220. The molecule has 1 aromatic heterocycles. The summed E-state index contributed by atoms with van der Waals surface area (Å²) >= 11 is 7.59. The van der Waals surface area contributed by atoms with Crippen LogP contribution in [0, 0.1) is 0 Å². The summed E-state index contributed by atoms with van der Waals surface area (Å²) in [6, 6.07) is 14.7. The predicted molar refractivity (Wildman–Crippen MR) is 134 cm³/mol. The number of anilines is 1. The number of nitrogens with one attached hydrogen (secondary N) is 1. The standard InChI is InChI=1S/C25H25ClN4O3S/c1-4-13-32-23(31)21-16(3)27-24-28-25(34-5-2)29-30(24)22(21)18-9-11-20(12-10-18)33-15-17-7-6-8-19(26)14-17/h4,6-12,14,22H,1,5,13,15H2,2-3H3,(H,27,28,29). The number of thioether (sulfide) groups is 1. The quantitative estimate of drug-likeness (QED) is 0.233. The second-order valence-electron chi connectivity index (χ2n) is 7.54. The van der Waals surface area contributed by atoms with Gasteiger partial charge in [-0.1, -0.05) is 67.2 Å². The second-order valence-corrected chi connectivity index (χ2v) is 9.20. The van der Waals surface area contributed by atoms with Gasteiger partial charge in [0.05, 0.1) is 5.57 Å². The molecule has 0 radical (unpaired) electrons. The van der Waals surface area contributed by atoms with E-state index in [1.807, 2.05) is 62.4 Å². The first-order chi connectivity index (χ1) is 16.5. The number of nitrogens with zero attached hydrogens (tertiary/aromatic N) is 3. The number of aromatic nitrogens is 3. The largest absolute Gasteiger partial charge is 0.489 e. The summed E-state index contributed by atoms with van der Waals surface area (Å²) in [6.45, 7) is 8.03. The monoisotopic (exact) mass is 496 g/mol. The maximum Gasteiger partial charge on any atom is 0.338 e. The molecule has 0 aliphatic carbocycles. The van der Waals surface area contributed by atoms with Crippen LogP contribution in [0.5, 0.6) is 5.75 Å². The molecule has 1 aliphatic heterocycles. The summed E-state index contributed by atoms with van der Waals surface area (Å²) in [5, 5.41) is 9.16. The maximum absolute atomic E-state index is 13.0. The van der Waals surface area contributed by atoms with E-state index >= 15 is 0 Å². The number of hydrogen-bond donors (Lipinski definition) is 1. The van der Waals surface area contributed by atoms with Crippen molar-refractivity contribution in [2.45, 2.75) is 31.7 Å². The minimum Gasteiger partial charge on any atom is -0.489 e. The SMILES string of the molecule is C=CCOC(=O)C1=C(C)Nc2nc(SCC)nn2C1c1ccc(OCc2cccc(Cl)c2)cc1. The minimum absolute atomic E-state index is 0.125. The second kappa shape index (κ2) is 10.8.